The number of anilines is 1. The Kier molecular flexibility index (Phi) is 7.71. The fraction of sp³-hybridized carbons (Fsp3) is 0.611. The molecule has 1 aliphatic rings. The van der Waals surface area contributed by atoms with E-state index in [1.165, 1.54) is 12.1 Å². The van der Waals surface area contributed by atoms with Gasteiger partial charge in [0.25, 0.3) is 5.69 Å². The number of nitrogens with one attached hydrogen (secondary N) is 2. The molecular weight excluding hydrogens is 354 g/mol. The van der Waals surface area contributed by atoms with Gasteiger partial charge in [-0.3, -0.25) is 19.1 Å². The SMILES string of the molecule is CCS(=O)C1CCCCC1NCCC(=O)Nc1ccc([N+](=O)[O-])cc1C. The minimum Gasteiger partial charge on any atom is -0.326 e. The van der Waals surface area contributed by atoms with Crippen molar-refractivity contribution in [2.24, 2.45) is 0 Å². The first kappa shape index (κ1) is 20.5. The van der Waals surface area contributed by atoms with Crippen LogP contribution >= 0.6 is 0 Å². The fourth-order valence-electron chi connectivity index (χ4n) is 3.34. The topological polar surface area (TPSA) is 101 Å². The van der Waals surface area contributed by atoms with Crippen LogP contribution in [0.4, 0.5) is 11.4 Å². The Balaban J connectivity index is 1.83. The molecule has 7 nitrogen and oxygen atoms in total. The second kappa shape index (κ2) is 9.78. The van der Waals surface area contributed by atoms with Gasteiger partial charge < -0.3 is 10.6 Å². The summed E-state index contributed by atoms with van der Waals surface area (Å²) in [5.74, 6) is 0.529. The fourth-order valence-corrected chi connectivity index (χ4v) is 4.80. The highest BCUT2D eigenvalue weighted by Gasteiger charge is 2.28. The number of hydrogen-bond donors (Lipinski definition) is 2. The number of rotatable bonds is 8. The van der Waals surface area contributed by atoms with E-state index in [2.05, 4.69) is 10.6 Å². The summed E-state index contributed by atoms with van der Waals surface area (Å²) in [5.41, 5.74) is 1.25. The Morgan fingerprint density at radius 2 is 2.08 bits per heavy atom. The van der Waals surface area contributed by atoms with Crippen molar-refractivity contribution >= 4 is 28.1 Å². The Morgan fingerprint density at radius 1 is 1.35 bits per heavy atom. The van der Waals surface area contributed by atoms with Gasteiger partial charge in [0.2, 0.25) is 5.91 Å². The lowest BCUT2D eigenvalue weighted by molar-refractivity contribution is -0.384. The monoisotopic (exact) mass is 381 g/mol. The maximum atomic E-state index is 12.2. The summed E-state index contributed by atoms with van der Waals surface area (Å²) in [4.78, 5) is 22.5. The van der Waals surface area contributed by atoms with E-state index in [-0.39, 0.29) is 22.9 Å². The summed E-state index contributed by atoms with van der Waals surface area (Å²) in [6.07, 6.45) is 4.53. The summed E-state index contributed by atoms with van der Waals surface area (Å²) < 4.78 is 12.2. The van der Waals surface area contributed by atoms with Gasteiger partial charge in [0.15, 0.2) is 0 Å². The van der Waals surface area contributed by atoms with Crippen LogP contribution in [0.15, 0.2) is 18.2 Å². The number of hydrogen-bond acceptors (Lipinski definition) is 5. The Morgan fingerprint density at radius 3 is 2.73 bits per heavy atom. The molecule has 0 aliphatic heterocycles. The molecule has 1 aromatic rings. The van der Waals surface area contributed by atoms with Gasteiger partial charge in [-0.2, -0.15) is 0 Å². The second-order valence-corrected chi connectivity index (χ2v) is 8.55. The van der Waals surface area contributed by atoms with Gasteiger partial charge in [0.05, 0.1) is 10.2 Å². The van der Waals surface area contributed by atoms with Crippen molar-refractivity contribution in [3.63, 3.8) is 0 Å². The Bertz CT molecular complexity index is 680. The summed E-state index contributed by atoms with van der Waals surface area (Å²) in [6.45, 7) is 4.20. The Hall–Kier alpha value is -1.80. The van der Waals surface area contributed by atoms with E-state index in [1.54, 1.807) is 13.0 Å². The molecule has 1 amide bonds. The number of benzene rings is 1. The van der Waals surface area contributed by atoms with Crippen molar-refractivity contribution in [3.05, 3.63) is 33.9 Å². The zero-order chi connectivity index (χ0) is 19.1. The van der Waals surface area contributed by atoms with E-state index in [4.69, 9.17) is 0 Å². The molecule has 0 saturated heterocycles. The molecular formula is C18H27N3O4S. The molecule has 8 heteroatoms. The molecule has 2 rings (SSSR count). The van der Waals surface area contributed by atoms with Crippen LogP contribution < -0.4 is 10.6 Å². The second-order valence-electron chi connectivity index (χ2n) is 6.61. The number of aryl methyl sites for hydroxylation is 1. The van der Waals surface area contributed by atoms with Gasteiger partial charge in [-0.1, -0.05) is 19.8 Å². The van der Waals surface area contributed by atoms with Crippen molar-refractivity contribution in [1.82, 2.24) is 5.32 Å². The molecule has 0 spiro atoms. The molecule has 0 bridgehead atoms. The maximum Gasteiger partial charge on any atom is 0.269 e. The summed E-state index contributed by atoms with van der Waals surface area (Å²) in [7, 11) is -0.817. The highest BCUT2D eigenvalue weighted by molar-refractivity contribution is 7.85. The van der Waals surface area contributed by atoms with Crippen LogP contribution in [-0.2, 0) is 15.6 Å². The zero-order valence-electron chi connectivity index (χ0n) is 15.3. The first-order chi connectivity index (χ1) is 12.4. The molecule has 3 unspecified atom stereocenters. The van der Waals surface area contributed by atoms with E-state index in [0.29, 0.717) is 30.0 Å². The maximum absolute atomic E-state index is 12.2. The van der Waals surface area contributed by atoms with E-state index in [9.17, 15) is 19.1 Å². The first-order valence-electron chi connectivity index (χ1n) is 9.07. The molecule has 3 atom stereocenters. The number of amides is 1. The lowest BCUT2D eigenvalue weighted by Crippen LogP contribution is -2.45. The average molecular weight is 381 g/mol. The van der Waals surface area contributed by atoms with E-state index < -0.39 is 15.7 Å². The van der Waals surface area contributed by atoms with Crippen molar-refractivity contribution in [2.75, 3.05) is 17.6 Å². The minimum absolute atomic E-state index is 0.00873. The number of non-ortho nitro benzene ring substituents is 1. The molecule has 2 N–H and O–H groups in total. The van der Waals surface area contributed by atoms with Gasteiger partial charge in [-0.25, -0.2) is 0 Å². The van der Waals surface area contributed by atoms with Crippen LogP contribution in [0.1, 0.15) is 44.6 Å². The average Bonchev–Trinajstić information content (AvgIpc) is 2.63. The van der Waals surface area contributed by atoms with Crippen molar-refractivity contribution in [3.8, 4) is 0 Å². The van der Waals surface area contributed by atoms with Gasteiger partial charge >= 0.3 is 0 Å². The van der Waals surface area contributed by atoms with Crippen LogP contribution in [0.2, 0.25) is 0 Å². The molecule has 1 fully saturated rings. The predicted octanol–water partition coefficient (Wildman–Crippen LogP) is 2.90. The number of carbonyl (C=O) groups is 1. The smallest absolute Gasteiger partial charge is 0.269 e. The van der Waals surface area contributed by atoms with E-state index in [1.807, 2.05) is 6.92 Å². The standard InChI is InChI=1S/C18H27N3O4S/c1-3-26(25)17-7-5-4-6-16(17)19-11-10-18(22)20-15-9-8-14(21(23)24)12-13(15)2/h8-9,12,16-17,19H,3-7,10-11H2,1-2H3,(H,20,22). The van der Waals surface area contributed by atoms with Crippen LogP contribution in [0, 0.1) is 17.0 Å². The van der Waals surface area contributed by atoms with Crippen LogP contribution in [0.5, 0.6) is 0 Å². The molecule has 0 aromatic heterocycles. The lowest BCUT2D eigenvalue weighted by atomic mass is 9.95. The van der Waals surface area contributed by atoms with Gasteiger partial charge in [0.1, 0.15) is 0 Å². The zero-order valence-corrected chi connectivity index (χ0v) is 16.1. The molecule has 1 saturated carbocycles. The highest BCUT2D eigenvalue weighted by atomic mass is 32.2. The van der Waals surface area contributed by atoms with E-state index in [0.717, 1.165) is 25.7 Å². The third-order valence-corrected chi connectivity index (χ3v) is 6.59. The molecule has 1 aliphatic carbocycles. The van der Waals surface area contributed by atoms with Crippen LogP contribution in [-0.4, -0.2) is 38.6 Å². The molecule has 144 valence electrons. The molecule has 26 heavy (non-hydrogen) atoms. The Labute approximate surface area is 156 Å². The molecule has 0 radical (unpaired) electrons. The summed E-state index contributed by atoms with van der Waals surface area (Å²) in [6, 6.07) is 4.59. The lowest BCUT2D eigenvalue weighted by Gasteiger charge is -2.31. The first-order valence-corrected chi connectivity index (χ1v) is 10.5. The summed E-state index contributed by atoms with van der Waals surface area (Å²) in [5, 5.41) is 17.1. The van der Waals surface area contributed by atoms with Crippen molar-refractivity contribution in [2.45, 2.75) is 57.2 Å². The summed E-state index contributed by atoms with van der Waals surface area (Å²) >= 11 is 0. The quantitative estimate of drug-likeness (QED) is 0.532. The minimum atomic E-state index is -0.817. The van der Waals surface area contributed by atoms with Gasteiger partial charge in [0, 0.05) is 53.4 Å². The molecule has 1 aromatic carbocycles. The molecule has 0 heterocycles. The normalized spacial score (nSPS) is 21.2. The van der Waals surface area contributed by atoms with Crippen molar-refractivity contribution in [1.29, 1.82) is 0 Å². The van der Waals surface area contributed by atoms with Crippen LogP contribution in [0.3, 0.4) is 0 Å². The number of nitrogens with zero attached hydrogens (tertiary/aromatic N) is 1. The number of nitro groups is 1. The number of carbonyl (C=O) groups excluding carboxylic acids is 1. The third kappa shape index (κ3) is 5.60. The number of nitro benzene ring substituents is 1. The predicted molar refractivity (Wildman–Crippen MR) is 104 cm³/mol. The third-order valence-electron chi connectivity index (χ3n) is 4.78. The van der Waals surface area contributed by atoms with E-state index >= 15 is 0 Å². The van der Waals surface area contributed by atoms with Crippen molar-refractivity contribution < 1.29 is 13.9 Å². The largest absolute Gasteiger partial charge is 0.326 e. The van der Waals surface area contributed by atoms with Gasteiger partial charge in [-0.05, 0) is 31.4 Å². The van der Waals surface area contributed by atoms with Gasteiger partial charge in [-0.15, -0.1) is 0 Å². The van der Waals surface area contributed by atoms with Crippen LogP contribution in [0.25, 0.3) is 0 Å². The highest BCUT2D eigenvalue weighted by Crippen LogP contribution is 2.23.